The van der Waals surface area contributed by atoms with E-state index >= 15 is 0 Å². The van der Waals surface area contributed by atoms with Crippen molar-refractivity contribution < 1.29 is 10.3 Å². The standard InChI is InChI=1S/C14H31N.HNO3/c1-2-3-4-5-6-7-8-9-10-11-12-13-14-15;2-1(3)4/h2-15H2,1H3;(H,2,3,4). The van der Waals surface area contributed by atoms with E-state index in [4.69, 9.17) is 21.1 Å². The highest BCUT2D eigenvalue weighted by Gasteiger charge is 1.92. The van der Waals surface area contributed by atoms with E-state index < -0.39 is 5.09 Å². The lowest BCUT2D eigenvalue weighted by Crippen LogP contribution is -1.97. The second-order valence-electron chi connectivity index (χ2n) is 4.92. The first kappa shape index (κ1) is 20.5. The van der Waals surface area contributed by atoms with Crippen LogP contribution in [0, 0.1) is 10.1 Å². The van der Waals surface area contributed by atoms with Gasteiger partial charge in [-0.15, -0.1) is 10.1 Å². The molecule has 0 radical (unpaired) electrons. The Morgan fingerprint density at radius 2 is 1.11 bits per heavy atom. The summed E-state index contributed by atoms with van der Waals surface area (Å²) in [5.74, 6) is 0. The smallest absolute Gasteiger partial charge is 0.291 e. The van der Waals surface area contributed by atoms with Gasteiger partial charge in [-0.2, -0.15) is 0 Å². The Morgan fingerprint density at radius 3 is 1.37 bits per heavy atom. The van der Waals surface area contributed by atoms with Crippen LogP contribution in [-0.4, -0.2) is 16.8 Å². The lowest BCUT2D eigenvalue weighted by molar-refractivity contribution is -0.742. The third-order valence-corrected chi connectivity index (χ3v) is 3.06. The summed E-state index contributed by atoms with van der Waals surface area (Å²) < 4.78 is 0. The molecule has 0 rings (SSSR count). The molecule has 0 aromatic heterocycles. The van der Waals surface area contributed by atoms with Crippen LogP contribution in [0.5, 0.6) is 0 Å². The second kappa shape index (κ2) is 19.5. The van der Waals surface area contributed by atoms with Crippen LogP contribution in [0.3, 0.4) is 0 Å². The molecule has 0 atom stereocenters. The molecule has 0 aromatic rings. The molecule has 0 unspecified atom stereocenters. The fourth-order valence-corrected chi connectivity index (χ4v) is 1.99. The number of rotatable bonds is 12. The van der Waals surface area contributed by atoms with E-state index in [1.165, 1.54) is 77.0 Å². The van der Waals surface area contributed by atoms with Gasteiger partial charge < -0.3 is 10.9 Å². The summed E-state index contributed by atoms with van der Waals surface area (Å²) in [5.41, 5.74) is 5.45. The molecule has 0 amide bonds. The number of unbranched alkanes of at least 4 members (excludes halogenated alkanes) is 11. The highest BCUT2D eigenvalue weighted by molar-refractivity contribution is 4.48. The van der Waals surface area contributed by atoms with Crippen LogP contribution < -0.4 is 5.73 Å². The number of nitrogens with zero attached hydrogens (tertiary/aromatic N) is 1. The van der Waals surface area contributed by atoms with Crippen molar-refractivity contribution in [2.24, 2.45) is 5.73 Å². The maximum absolute atomic E-state index is 8.36. The Hall–Kier alpha value is -0.840. The zero-order valence-corrected chi connectivity index (χ0v) is 12.5. The summed E-state index contributed by atoms with van der Waals surface area (Å²) in [4.78, 5) is 8.36. The molecule has 0 heterocycles. The highest BCUT2D eigenvalue weighted by atomic mass is 16.9. The molecule has 0 fully saturated rings. The van der Waals surface area contributed by atoms with E-state index in [9.17, 15) is 0 Å². The average Bonchev–Trinajstić information content (AvgIpc) is 2.35. The average molecular weight is 276 g/mol. The summed E-state index contributed by atoms with van der Waals surface area (Å²) in [7, 11) is 0. The lowest BCUT2D eigenvalue weighted by Gasteiger charge is -2.01. The van der Waals surface area contributed by atoms with Gasteiger partial charge in [0.2, 0.25) is 0 Å². The van der Waals surface area contributed by atoms with E-state index in [1.54, 1.807) is 0 Å². The molecule has 0 aliphatic heterocycles. The molecule has 0 bridgehead atoms. The largest absolute Gasteiger partial charge is 0.330 e. The van der Waals surface area contributed by atoms with Crippen LogP contribution in [0.4, 0.5) is 0 Å². The van der Waals surface area contributed by atoms with Gasteiger partial charge in [-0.05, 0) is 13.0 Å². The lowest BCUT2D eigenvalue weighted by atomic mass is 10.1. The van der Waals surface area contributed by atoms with E-state index in [0.717, 1.165) is 6.54 Å². The third-order valence-electron chi connectivity index (χ3n) is 3.06. The Morgan fingerprint density at radius 1 is 0.842 bits per heavy atom. The number of nitrogens with two attached hydrogens (primary N) is 1. The Labute approximate surface area is 117 Å². The zero-order chi connectivity index (χ0) is 14.8. The summed E-state index contributed by atoms with van der Waals surface area (Å²) in [6.45, 7) is 3.15. The normalized spacial score (nSPS) is 9.79. The van der Waals surface area contributed by atoms with Gasteiger partial charge in [0.25, 0.3) is 5.09 Å². The van der Waals surface area contributed by atoms with Crippen molar-refractivity contribution in [2.75, 3.05) is 6.54 Å². The van der Waals surface area contributed by atoms with Gasteiger partial charge in [-0.25, -0.2) is 0 Å². The summed E-state index contributed by atoms with van der Waals surface area (Å²) in [6.07, 6.45) is 16.9. The second-order valence-corrected chi connectivity index (χ2v) is 4.92. The van der Waals surface area contributed by atoms with Crippen molar-refractivity contribution >= 4 is 0 Å². The van der Waals surface area contributed by atoms with Gasteiger partial charge in [-0.3, -0.25) is 0 Å². The van der Waals surface area contributed by atoms with Crippen molar-refractivity contribution in [3.63, 3.8) is 0 Å². The van der Waals surface area contributed by atoms with Crippen LogP contribution in [0.2, 0.25) is 0 Å². The molecule has 0 spiro atoms. The quantitative estimate of drug-likeness (QED) is 0.316. The van der Waals surface area contributed by atoms with Gasteiger partial charge >= 0.3 is 0 Å². The van der Waals surface area contributed by atoms with Gasteiger partial charge in [0.05, 0.1) is 0 Å². The van der Waals surface area contributed by atoms with Crippen molar-refractivity contribution in [2.45, 2.75) is 84.0 Å². The van der Waals surface area contributed by atoms with Gasteiger partial charge in [-0.1, -0.05) is 77.6 Å². The fourth-order valence-electron chi connectivity index (χ4n) is 1.99. The highest BCUT2D eigenvalue weighted by Crippen LogP contribution is 2.11. The molecule has 19 heavy (non-hydrogen) atoms. The molecule has 5 nitrogen and oxygen atoms in total. The van der Waals surface area contributed by atoms with Crippen molar-refractivity contribution in [3.8, 4) is 0 Å². The van der Waals surface area contributed by atoms with E-state index in [2.05, 4.69) is 6.92 Å². The fraction of sp³-hybridized carbons (Fsp3) is 1.00. The molecule has 116 valence electrons. The van der Waals surface area contributed by atoms with Crippen LogP contribution in [0.1, 0.15) is 84.0 Å². The minimum atomic E-state index is -1.50. The summed E-state index contributed by atoms with van der Waals surface area (Å²) in [5, 5.41) is 13.6. The van der Waals surface area contributed by atoms with Crippen LogP contribution in [-0.2, 0) is 0 Å². The molecule has 0 aromatic carbocycles. The van der Waals surface area contributed by atoms with Gasteiger partial charge in [0.1, 0.15) is 0 Å². The van der Waals surface area contributed by atoms with Crippen molar-refractivity contribution in [3.05, 3.63) is 10.1 Å². The molecular weight excluding hydrogens is 244 g/mol. The zero-order valence-electron chi connectivity index (χ0n) is 12.5. The SMILES string of the molecule is CCCCCCCCCCCCCCN.O=[N+]([O-])O. The Bertz CT molecular complexity index is 162. The van der Waals surface area contributed by atoms with E-state index in [0.29, 0.717) is 0 Å². The summed E-state index contributed by atoms with van der Waals surface area (Å²) in [6, 6.07) is 0. The molecular formula is C14H32N2O3. The molecule has 5 heteroatoms. The number of hydrogen-bond donors (Lipinski definition) is 2. The van der Waals surface area contributed by atoms with Crippen molar-refractivity contribution in [1.29, 1.82) is 0 Å². The molecule has 0 saturated heterocycles. The molecule has 0 aliphatic rings. The molecule has 0 aliphatic carbocycles. The van der Waals surface area contributed by atoms with E-state index in [1.807, 2.05) is 0 Å². The predicted molar refractivity (Wildman–Crippen MR) is 78.9 cm³/mol. The minimum absolute atomic E-state index is 0.872. The monoisotopic (exact) mass is 276 g/mol. The summed E-state index contributed by atoms with van der Waals surface area (Å²) >= 11 is 0. The van der Waals surface area contributed by atoms with Crippen LogP contribution in [0.25, 0.3) is 0 Å². The predicted octanol–water partition coefficient (Wildman–Crippen LogP) is 4.30. The van der Waals surface area contributed by atoms with E-state index in [-0.39, 0.29) is 0 Å². The Kier molecular flexibility index (Phi) is 21.0. The molecule has 0 saturated carbocycles. The van der Waals surface area contributed by atoms with Gasteiger partial charge in [0.15, 0.2) is 0 Å². The first-order chi connectivity index (χ1) is 9.15. The van der Waals surface area contributed by atoms with Crippen molar-refractivity contribution in [1.82, 2.24) is 0 Å². The maximum Gasteiger partial charge on any atom is 0.291 e. The maximum atomic E-state index is 8.36. The van der Waals surface area contributed by atoms with Crippen LogP contribution in [0.15, 0.2) is 0 Å². The number of hydrogen-bond acceptors (Lipinski definition) is 3. The topological polar surface area (TPSA) is 89.4 Å². The first-order valence-electron chi connectivity index (χ1n) is 7.68. The minimum Gasteiger partial charge on any atom is -0.330 e. The van der Waals surface area contributed by atoms with Gasteiger partial charge in [0, 0.05) is 0 Å². The molecule has 3 N–H and O–H groups in total. The van der Waals surface area contributed by atoms with Crippen LogP contribution >= 0.6 is 0 Å². The first-order valence-corrected chi connectivity index (χ1v) is 7.68. The third kappa shape index (κ3) is 31.7. The Balaban J connectivity index is 0.